The van der Waals surface area contributed by atoms with Gasteiger partial charge in [-0.1, -0.05) is 19.1 Å². The second-order valence-electron chi connectivity index (χ2n) is 4.42. The summed E-state index contributed by atoms with van der Waals surface area (Å²) in [5.41, 5.74) is 5.55. The van der Waals surface area contributed by atoms with Crippen molar-refractivity contribution < 1.29 is 4.74 Å². The minimum absolute atomic E-state index is 0.633. The molecule has 1 aromatic carbocycles. The highest BCUT2D eigenvalue weighted by molar-refractivity contribution is 5.61. The van der Waals surface area contributed by atoms with Crippen molar-refractivity contribution >= 4 is 5.82 Å². The van der Waals surface area contributed by atoms with Crippen LogP contribution in [0.1, 0.15) is 25.1 Å². The number of nitrogens with one attached hydrogen (secondary N) is 1. The van der Waals surface area contributed by atoms with Gasteiger partial charge < -0.3 is 10.2 Å². The third-order valence-corrected chi connectivity index (χ3v) is 3.11. The number of nitrogens with zero attached hydrogens (tertiary/aromatic N) is 2. The molecule has 0 aliphatic heterocycles. The molecule has 0 aliphatic carbocycles. The summed E-state index contributed by atoms with van der Waals surface area (Å²) in [6.07, 6.45) is 0.838. The highest BCUT2D eigenvalue weighted by Gasteiger charge is 2.11. The van der Waals surface area contributed by atoms with Gasteiger partial charge in [0.2, 0.25) is 0 Å². The molecule has 2 aromatic rings. The fourth-order valence-electron chi connectivity index (χ4n) is 2.16. The van der Waals surface area contributed by atoms with E-state index in [0.29, 0.717) is 18.2 Å². The van der Waals surface area contributed by atoms with Crippen LogP contribution < -0.4 is 16.0 Å². The van der Waals surface area contributed by atoms with Crippen molar-refractivity contribution in [3.8, 4) is 17.1 Å². The average Bonchev–Trinajstić information content (AvgIpc) is 2.47. The first kappa shape index (κ1) is 14.3. The Kier molecular flexibility index (Phi) is 4.53. The van der Waals surface area contributed by atoms with Crippen LogP contribution in [0.3, 0.4) is 0 Å². The van der Waals surface area contributed by atoms with Crippen molar-refractivity contribution in [2.75, 3.05) is 12.0 Å². The normalized spacial score (nSPS) is 10.4. The molecule has 1 heterocycles. The van der Waals surface area contributed by atoms with Gasteiger partial charge in [-0.05, 0) is 32.4 Å². The number of aryl methyl sites for hydroxylation is 1. The van der Waals surface area contributed by atoms with E-state index in [9.17, 15) is 0 Å². The van der Waals surface area contributed by atoms with Gasteiger partial charge in [-0.15, -0.1) is 0 Å². The second kappa shape index (κ2) is 6.34. The van der Waals surface area contributed by atoms with Gasteiger partial charge in [-0.2, -0.15) is 0 Å². The number of hydrogen-bond donors (Lipinski definition) is 2. The number of anilines is 1. The van der Waals surface area contributed by atoms with Gasteiger partial charge in [0.05, 0.1) is 6.61 Å². The molecule has 106 valence electrons. The van der Waals surface area contributed by atoms with Crippen LogP contribution in [0.5, 0.6) is 5.75 Å². The van der Waals surface area contributed by atoms with Gasteiger partial charge in [0.1, 0.15) is 11.6 Å². The summed E-state index contributed by atoms with van der Waals surface area (Å²) in [6.45, 7) is 6.62. The lowest BCUT2D eigenvalue weighted by Gasteiger charge is -2.12. The number of aromatic nitrogens is 2. The predicted molar refractivity (Wildman–Crippen MR) is 80.6 cm³/mol. The first-order chi connectivity index (χ1) is 9.69. The summed E-state index contributed by atoms with van der Waals surface area (Å²) in [5, 5.41) is 0. The largest absolute Gasteiger partial charge is 0.494 e. The molecule has 0 amide bonds. The zero-order valence-corrected chi connectivity index (χ0v) is 12.1. The second-order valence-corrected chi connectivity index (χ2v) is 4.42. The number of hydrogen-bond acceptors (Lipinski definition) is 5. The zero-order chi connectivity index (χ0) is 14.5. The molecule has 0 saturated carbocycles. The van der Waals surface area contributed by atoms with Crippen LogP contribution in [0.4, 0.5) is 5.82 Å². The van der Waals surface area contributed by atoms with E-state index in [-0.39, 0.29) is 0 Å². The fourth-order valence-corrected chi connectivity index (χ4v) is 2.16. The van der Waals surface area contributed by atoms with Crippen molar-refractivity contribution in [1.82, 2.24) is 9.97 Å². The SMILES string of the molecule is CCOc1cccc(-c2nc(C)c(CC)c(NN)n2)c1. The highest BCUT2D eigenvalue weighted by Crippen LogP contribution is 2.25. The number of nitrogen functional groups attached to an aromatic ring is 1. The quantitative estimate of drug-likeness (QED) is 0.646. The number of hydrazine groups is 1. The number of benzene rings is 1. The summed E-state index contributed by atoms with van der Waals surface area (Å²) >= 11 is 0. The molecule has 3 N–H and O–H groups in total. The van der Waals surface area contributed by atoms with Crippen LogP contribution in [0.15, 0.2) is 24.3 Å². The Morgan fingerprint density at radius 1 is 1.25 bits per heavy atom. The topological polar surface area (TPSA) is 73.1 Å². The Bertz CT molecular complexity index is 598. The Morgan fingerprint density at radius 3 is 2.70 bits per heavy atom. The van der Waals surface area contributed by atoms with Crippen molar-refractivity contribution in [3.63, 3.8) is 0 Å². The highest BCUT2D eigenvalue weighted by atomic mass is 16.5. The summed E-state index contributed by atoms with van der Waals surface area (Å²) in [6, 6.07) is 7.75. The lowest BCUT2D eigenvalue weighted by atomic mass is 10.1. The maximum absolute atomic E-state index is 5.55. The van der Waals surface area contributed by atoms with E-state index >= 15 is 0 Å². The summed E-state index contributed by atoms with van der Waals surface area (Å²) in [5.74, 6) is 7.69. The zero-order valence-electron chi connectivity index (χ0n) is 12.1. The molecule has 0 fully saturated rings. The van der Waals surface area contributed by atoms with E-state index in [2.05, 4.69) is 22.3 Å². The van der Waals surface area contributed by atoms with Gasteiger partial charge in [-0.3, -0.25) is 0 Å². The van der Waals surface area contributed by atoms with Crippen LogP contribution >= 0.6 is 0 Å². The van der Waals surface area contributed by atoms with Gasteiger partial charge in [-0.25, -0.2) is 15.8 Å². The minimum atomic E-state index is 0.633. The van der Waals surface area contributed by atoms with Gasteiger partial charge in [0.15, 0.2) is 5.82 Å². The van der Waals surface area contributed by atoms with Crippen molar-refractivity contribution in [3.05, 3.63) is 35.5 Å². The molecule has 0 spiro atoms. The average molecular weight is 272 g/mol. The molecule has 0 bridgehead atoms. The van der Waals surface area contributed by atoms with Crippen molar-refractivity contribution in [2.45, 2.75) is 27.2 Å². The molecular weight excluding hydrogens is 252 g/mol. The van der Waals surface area contributed by atoms with Crippen LogP contribution in [0.2, 0.25) is 0 Å². The first-order valence-corrected chi connectivity index (χ1v) is 6.77. The van der Waals surface area contributed by atoms with Gasteiger partial charge >= 0.3 is 0 Å². The van der Waals surface area contributed by atoms with E-state index in [1.807, 2.05) is 38.1 Å². The fraction of sp³-hybridized carbons (Fsp3) is 0.333. The van der Waals surface area contributed by atoms with Crippen LogP contribution in [0, 0.1) is 6.92 Å². The number of rotatable bonds is 5. The van der Waals surface area contributed by atoms with E-state index in [4.69, 9.17) is 10.6 Å². The molecule has 0 radical (unpaired) electrons. The molecule has 5 heteroatoms. The van der Waals surface area contributed by atoms with Crippen LogP contribution in [0.25, 0.3) is 11.4 Å². The molecule has 20 heavy (non-hydrogen) atoms. The Morgan fingerprint density at radius 2 is 2.05 bits per heavy atom. The summed E-state index contributed by atoms with van der Waals surface area (Å²) in [4.78, 5) is 9.05. The van der Waals surface area contributed by atoms with E-state index in [1.54, 1.807) is 0 Å². The molecule has 0 aliphatic rings. The Labute approximate surface area is 119 Å². The van der Waals surface area contributed by atoms with E-state index < -0.39 is 0 Å². The van der Waals surface area contributed by atoms with E-state index in [0.717, 1.165) is 29.0 Å². The van der Waals surface area contributed by atoms with E-state index in [1.165, 1.54) is 0 Å². The lowest BCUT2D eigenvalue weighted by Crippen LogP contribution is -2.13. The number of ether oxygens (including phenoxy) is 1. The molecule has 1 aromatic heterocycles. The monoisotopic (exact) mass is 272 g/mol. The molecule has 2 rings (SSSR count). The standard InChI is InChI=1S/C15H20N4O/c1-4-13-10(3)17-14(18-15(13)19-16)11-7-6-8-12(9-11)20-5-2/h6-9H,4-5,16H2,1-3H3,(H,17,18,19). The molecule has 5 nitrogen and oxygen atoms in total. The lowest BCUT2D eigenvalue weighted by molar-refractivity contribution is 0.340. The van der Waals surface area contributed by atoms with Gasteiger partial charge in [0.25, 0.3) is 0 Å². The predicted octanol–water partition coefficient (Wildman–Crippen LogP) is 2.70. The smallest absolute Gasteiger partial charge is 0.161 e. The molecule has 0 saturated heterocycles. The maximum atomic E-state index is 5.55. The van der Waals surface area contributed by atoms with Crippen LogP contribution in [-0.4, -0.2) is 16.6 Å². The Balaban J connectivity index is 2.47. The Hall–Kier alpha value is -2.14. The third kappa shape index (κ3) is 2.88. The van der Waals surface area contributed by atoms with Gasteiger partial charge in [0, 0.05) is 16.8 Å². The summed E-state index contributed by atoms with van der Waals surface area (Å²) < 4.78 is 5.50. The van der Waals surface area contributed by atoms with Crippen LogP contribution in [-0.2, 0) is 6.42 Å². The number of nitrogens with two attached hydrogens (primary N) is 1. The molecule has 0 atom stereocenters. The molecule has 0 unspecified atom stereocenters. The maximum Gasteiger partial charge on any atom is 0.161 e. The van der Waals surface area contributed by atoms with Crippen molar-refractivity contribution in [1.29, 1.82) is 0 Å². The first-order valence-electron chi connectivity index (χ1n) is 6.77. The van der Waals surface area contributed by atoms with Crippen molar-refractivity contribution in [2.24, 2.45) is 5.84 Å². The molecular formula is C15H20N4O. The minimum Gasteiger partial charge on any atom is -0.494 e. The third-order valence-electron chi connectivity index (χ3n) is 3.11. The summed E-state index contributed by atoms with van der Waals surface area (Å²) in [7, 11) is 0.